The number of aliphatic hydroxyl groups excluding tert-OH is 1. The molecule has 18 heavy (non-hydrogen) atoms. The van der Waals surface area contributed by atoms with Gasteiger partial charge in [0.2, 0.25) is 0 Å². The first-order valence-electron chi connectivity index (χ1n) is 7.22. The van der Waals surface area contributed by atoms with Gasteiger partial charge in [-0.25, -0.2) is 0 Å². The van der Waals surface area contributed by atoms with Crippen LogP contribution in [0, 0.1) is 5.92 Å². The summed E-state index contributed by atoms with van der Waals surface area (Å²) in [6.45, 7) is 1.17. The van der Waals surface area contributed by atoms with Gasteiger partial charge in [0.05, 0.1) is 6.10 Å². The Kier molecular flexibility index (Phi) is 3.40. The van der Waals surface area contributed by atoms with Crippen molar-refractivity contribution in [3.05, 3.63) is 35.4 Å². The Hall–Kier alpha value is -0.860. The van der Waals surface area contributed by atoms with Crippen molar-refractivity contribution in [3.8, 4) is 0 Å². The Morgan fingerprint density at radius 1 is 1.11 bits per heavy atom. The molecule has 1 aliphatic heterocycles. The van der Waals surface area contributed by atoms with Crippen molar-refractivity contribution in [2.75, 3.05) is 13.6 Å². The van der Waals surface area contributed by atoms with Crippen molar-refractivity contribution in [3.63, 3.8) is 0 Å². The third kappa shape index (κ3) is 2.19. The zero-order valence-electron chi connectivity index (χ0n) is 11.2. The first kappa shape index (κ1) is 12.2. The Balaban J connectivity index is 1.86. The van der Waals surface area contributed by atoms with Crippen LogP contribution in [0.2, 0.25) is 0 Å². The van der Waals surface area contributed by atoms with E-state index < -0.39 is 0 Å². The fourth-order valence-corrected chi connectivity index (χ4v) is 3.75. The summed E-state index contributed by atoms with van der Waals surface area (Å²) in [7, 11) is 2.26. The molecule has 2 nitrogen and oxygen atoms in total. The monoisotopic (exact) mass is 245 g/mol. The average Bonchev–Trinajstić information content (AvgIpc) is 2.40. The van der Waals surface area contributed by atoms with Gasteiger partial charge in [-0.15, -0.1) is 0 Å². The summed E-state index contributed by atoms with van der Waals surface area (Å²) < 4.78 is 0. The number of nitrogens with zero attached hydrogens (tertiary/aromatic N) is 1. The number of fused-ring (bicyclic) bond motifs is 1. The number of likely N-dealkylation sites (N-methyl/N-ethyl adjacent to an activating group) is 1. The fourth-order valence-electron chi connectivity index (χ4n) is 3.75. The molecule has 1 unspecified atom stereocenters. The van der Waals surface area contributed by atoms with Crippen molar-refractivity contribution in [2.45, 2.75) is 44.2 Å². The van der Waals surface area contributed by atoms with E-state index >= 15 is 0 Å². The number of rotatable bonds is 1. The van der Waals surface area contributed by atoms with Crippen LogP contribution >= 0.6 is 0 Å². The maximum absolute atomic E-state index is 9.67. The molecule has 1 heterocycles. The Labute approximate surface area is 110 Å². The average molecular weight is 245 g/mol. The molecule has 0 radical (unpaired) electrons. The number of hydrogen-bond acceptors (Lipinski definition) is 2. The molecule has 1 aromatic rings. The van der Waals surface area contributed by atoms with Crippen LogP contribution < -0.4 is 0 Å². The highest BCUT2D eigenvalue weighted by molar-refractivity contribution is 5.33. The Morgan fingerprint density at radius 3 is 2.61 bits per heavy atom. The van der Waals surface area contributed by atoms with Crippen LogP contribution in [0.15, 0.2) is 24.3 Å². The molecule has 2 aliphatic rings. The molecule has 1 saturated carbocycles. The molecule has 0 spiro atoms. The van der Waals surface area contributed by atoms with Crippen LogP contribution in [0.3, 0.4) is 0 Å². The molecular weight excluding hydrogens is 222 g/mol. The number of aliphatic hydroxyl groups is 1. The highest BCUT2D eigenvalue weighted by Crippen LogP contribution is 2.41. The lowest BCUT2D eigenvalue weighted by Crippen LogP contribution is -2.38. The molecule has 3 rings (SSSR count). The van der Waals surface area contributed by atoms with E-state index in [2.05, 4.69) is 36.2 Å². The van der Waals surface area contributed by atoms with Crippen molar-refractivity contribution in [2.24, 2.45) is 5.92 Å². The minimum atomic E-state index is -0.0506. The normalized spacial score (nSPS) is 33.1. The molecular formula is C16H23NO. The SMILES string of the molecule is CN1CCc2ccccc2C1C1CCC(O)CC1. The summed E-state index contributed by atoms with van der Waals surface area (Å²) >= 11 is 0. The first-order valence-corrected chi connectivity index (χ1v) is 7.22. The summed E-state index contributed by atoms with van der Waals surface area (Å²) in [6.07, 6.45) is 5.44. The van der Waals surface area contributed by atoms with Gasteiger partial charge >= 0.3 is 0 Å². The largest absolute Gasteiger partial charge is 0.393 e. The van der Waals surface area contributed by atoms with Crippen LogP contribution in [-0.4, -0.2) is 29.7 Å². The van der Waals surface area contributed by atoms with Gasteiger partial charge in [0.25, 0.3) is 0 Å². The van der Waals surface area contributed by atoms with Crippen LogP contribution in [0.4, 0.5) is 0 Å². The summed E-state index contributed by atoms with van der Waals surface area (Å²) in [5.41, 5.74) is 3.07. The number of hydrogen-bond donors (Lipinski definition) is 1. The van der Waals surface area contributed by atoms with Crippen LogP contribution in [0.1, 0.15) is 42.9 Å². The van der Waals surface area contributed by atoms with Crippen LogP contribution in [0.5, 0.6) is 0 Å². The predicted octanol–water partition coefficient (Wildman–Crippen LogP) is 2.77. The van der Waals surface area contributed by atoms with Gasteiger partial charge in [0.1, 0.15) is 0 Å². The molecule has 98 valence electrons. The van der Waals surface area contributed by atoms with Crippen LogP contribution in [0.25, 0.3) is 0 Å². The zero-order chi connectivity index (χ0) is 12.5. The highest BCUT2D eigenvalue weighted by atomic mass is 16.3. The van der Waals surface area contributed by atoms with Crippen molar-refractivity contribution in [1.82, 2.24) is 4.90 Å². The Bertz CT molecular complexity index is 409. The Morgan fingerprint density at radius 2 is 1.83 bits per heavy atom. The van der Waals surface area contributed by atoms with Gasteiger partial charge in [0.15, 0.2) is 0 Å². The molecule has 1 atom stereocenters. The second kappa shape index (κ2) is 5.02. The molecule has 1 aromatic carbocycles. The molecule has 0 bridgehead atoms. The lowest BCUT2D eigenvalue weighted by Gasteiger charge is -2.41. The van der Waals surface area contributed by atoms with Crippen molar-refractivity contribution in [1.29, 1.82) is 0 Å². The van der Waals surface area contributed by atoms with Crippen molar-refractivity contribution < 1.29 is 5.11 Å². The molecule has 0 amide bonds. The first-order chi connectivity index (χ1) is 8.75. The van der Waals surface area contributed by atoms with Gasteiger partial charge in [-0.05, 0) is 56.2 Å². The second-order valence-corrected chi connectivity index (χ2v) is 5.94. The second-order valence-electron chi connectivity index (χ2n) is 5.94. The minimum Gasteiger partial charge on any atom is -0.393 e. The smallest absolute Gasteiger partial charge is 0.0540 e. The lowest BCUT2D eigenvalue weighted by molar-refractivity contribution is 0.0674. The van der Waals surface area contributed by atoms with E-state index in [4.69, 9.17) is 0 Å². The molecule has 1 aliphatic carbocycles. The van der Waals surface area contributed by atoms with Gasteiger partial charge in [0, 0.05) is 12.6 Å². The maximum Gasteiger partial charge on any atom is 0.0540 e. The summed E-state index contributed by atoms with van der Waals surface area (Å²) in [6, 6.07) is 9.49. The zero-order valence-corrected chi connectivity index (χ0v) is 11.2. The van der Waals surface area contributed by atoms with Gasteiger partial charge in [-0.2, -0.15) is 0 Å². The van der Waals surface area contributed by atoms with E-state index in [-0.39, 0.29) is 6.10 Å². The van der Waals surface area contributed by atoms with E-state index in [9.17, 15) is 5.11 Å². The maximum atomic E-state index is 9.67. The summed E-state index contributed by atoms with van der Waals surface area (Å²) in [5, 5.41) is 9.67. The minimum absolute atomic E-state index is 0.0506. The molecule has 0 aromatic heterocycles. The lowest BCUT2D eigenvalue weighted by atomic mass is 9.77. The van der Waals surface area contributed by atoms with E-state index in [1.54, 1.807) is 0 Å². The third-order valence-electron chi connectivity index (χ3n) is 4.77. The standard InChI is InChI=1S/C16H23NO/c1-17-11-10-12-4-2-3-5-15(12)16(17)13-6-8-14(18)9-7-13/h2-5,13-14,16,18H,6-11H2,1H3. The van der Waals surface area contributed by atoms with Crippen LogP contribution in [-0.2, 0) is 6.42 Å². The summed E-state index contributed by atoms with van der Waals surface area (Å²) in [4.78, 5) is 2.52. The highest BCUT2D eigenvalue weighted by Gasteiger charge is 2.33. The van der Waals surface area contributed by atoms with Gasteiger partial charge in [-0.3, -0.25) is 4.90 Å². The quantitative estimate of drug-likeness (QED) is 0.822. The molecule has 0 saturated heterocycles. The molecule has 1 N–H and O–H groups in total. The van der Waals surface area contributed by atoms with E-state index in [1.165, 1.54) is 36.9 Å². The van der Waals surface area contributed by atoms with E-state index in [1.807, 2.05) is 0 Å². The predicted molar refractivity (Wildman–Crippen MR) is 73.5 cm³/mol. The van der Waals surface area contributed by atoms with Gasteiger partial charge < -0.3 is 5.11 Å². The third-order valence-corrected chi connectivity index (χ3v) is 4.77. The topological polar surface area (TPSA) is 23.5 Å². The molecule has 1 fully saturated rings. The fraction of sp³-hybridized carbons (Fsp3) is 0.625. The van der Waals surface area contributed by atoms with E-state index in [0.29, 0.717) is 6.04 Å². The van der Waals surface area contributed by atoms with E-state index in [0.717, 1.165) is 18.8 Å². The van der Waals surface area contributed by atoms with Gasteiger partial charge in [-0.1, -0.05) is 24.3 Å². The molecule has 2 heteroatoms. The number of benzene rings is 1. The summed E-state index contributed by atoms with van der Waals surface area (Å²) in [5.74, 6) is 0.722. The van der Waals surface area contributed by atoms with Crippen molar-refractivity contribution >= 4 is 0 Å².